The van der Waals surface area contributed by atoms with E-state index in [2.05, 4.69) is 13.8 Å². The maximum atomic E-state index is 12.9. The fourth-order valence-corrected chi connectivity index (χ4v) is 5.42. The second-order valence-electron chi connectivity index (χ2n) is 5.80. The Balaban J connectivity index is 2.50. The van der Waals surface area contributed by atoms with Gasteiger partial charge in [0.25, 0.3) is 0 Å². The Morgan fingerprint density at radius 2 is 1.75 bits per heavy atom. The van der Waals surface area contributed by atoms with Crippen molar-refractivity contribution < 1.29 is 8.42 Å². The molecule has 0 spiro atoms. The fraction of sp³-hybridized carbons (Fsp3) is 0.571. The Morgan fingerprint density at radius 3 is 2.25 bits per heavy atom. The molecule has 0 unspecified atom stereocenters. The maximum absolute atomic E-state index is 12.9. The summed E-state index contributed by atoms with van der Waals surface area (Å²) in [5.41, 5.74) is -0.354. The summed E-state index contributed by atoms with van der Waals surface area (Å²) < 4.78 is 27.3. The van der Waals surface area contributed by atoms with Crippen LogP contribution in [0.15, 0.2) is 23.1 Å². The van der Waals surface area contributed by atoms with Crippen molar-refractivity contribution in [3.05, 3.63) is 28.2 Å². The van der Waals surface area contributed by atoms with Crippen LogP contribution in [-0.4, -0.2) is 24.8 Å². The van der Waals surface area contributed by atoms with Gasteiger partial charge in [0, 0.05) is 22.1 Å². The van der Waals surface area contributed by atoms with Crippen LogP contribution in [0.2, 0.25) is 10.0 Å². The molecule has 1 heterocycles. The zero-order valence-corrected chi connectivity index (χ0v) is 14.2. The van der Waals surface area contributed by atoms with E-state index in [4.69, 9.17) is 23.2 Å². The van der Waals surface area contributed by atoms with E-state index in [0.717, 1.165) is 12.8 Å². The van der Waals surface area contributed by atoms with Crippen molar-refractivity contribution in [2.45, 2.75) is 44.0 Å². The third kappa shape index (κ3) is 2.71. The number of rotatable bonds is 3. The van der Waals surface area contributed by atoms with Crippen LogP contribution in [-0.2, 0) is 10.0 Å². The van der Waals surface area contributed by atoms with Gasteiger partial charge in [0.05, 0.1) is 4.90 Å². The van der Waals surface area contributed by atoms with Crippen LogP contribution < -0.4 is 0 Å². The van der Waals surface area contributed by atoms with E-state index in [1.54, 1.807) is 4.31 Å². The highest BCUT2D eigenvalue weighted by Gasteiger charge is 2.46. The minimum atomic E-state index is -3.57. The van der Waals surface area contributed by atoms with Gasteiger partial charge in [-0.15, -0.1) is 0 Å². The van der Waals surface area contributed by atoms with E-state index < -0.39 is 10.0 Å². The molecule has 1 aromatic carbocycles. The van der Waals surface area contributed by atoms with Gasteiger partial charge in [-0.3, -0.25) is 0 Å². The molecule has 1 fully saturated rings. The van der Waals surface area contributed by atoms with Gasteiger partial charge in [0.2, 0.25) is 10.0 Å². The van der Waals surface area contributed by atoms with E-state index in [-0.39, 0.29) is 16.4 Å². The third-order valence-corrected chi connectivity index (χ3v) is 6.73. The lowest BCUT2D eigenvalue weighted by atomic mass is 9.87. The van der Waals surface area contributed by atoms with Gasteiger partial charge < -0.3 is 0 Å². The van der Waals surface area contributed by atoms with Gasteiger partial charge in [-0.2, -0.15) is 4.31 Å². The minimum absolute atomic E-state index is 0.170. The van der Waals surface area contributed by atoms with Crippen molar-refractivity contribution in [3.8, 4) is 0 Å². The summed E-state index contributed by atoms with van der Waals surface area (Å²) in [7, 11) is -3.57. The topological polar surface area (TPSA) is 37.4 Å². The average Bonchev–Trinajstić information content (AvgIpc) is 2.72. The fourth-order valence-electron chi connectivity index (χ4n) is 2.74. The molecule has 1 aliphatic rings. The molecule has 0 radical (unpaired) electrons. The molecule has 1 atom stereocenters. The second kappa shape index (κ2) is 5.48. The quantitative estimate of drug-likeness (QED) is 0.830. The zero-order chi connectivity index (χ0) is 15.1. The monoisotopic (exact) mass is 335 g/mol. The third-order valence-electron chi connectivity index (χ3n) is 4.28. The van der Waals surface area contributed by atoms with Crippen LogP contribution in [0.4, 0.5) is 0 Å². The molecule has 0 aliphatic carbocycles. The van der Waals surface area contributed by atoms with E-state index in [1.165, 1.54) is 18.2 Å². The van der Waals surface area contributed by atoms with E-state index in [1.807, 2.05) is 6.92 Å². The van der Waals surface area contributed by atoms with Crippen molar-refractivity contribution in [1.82, 2.24) is 4.31 Å². The molecule has 2 rings (SSSR count). The first kappa shape index (κ1) is 16.1. The van der Waals surface area contributed by atoms with Crippen molar-refractivity contribution in [2.24, 2.45) is 5.92 Å². The minimum Gasteiger partial charge on any atom is -0.207 e. The molecule has 1 aliphatic heterocycles. The summed E-state index contributed by atoms with van der Waals surface area (Å²) in [6.07, 6.45) is 1.75. The average molecular weight is 336 g/mol. The lowest BCUT2D eigenvalue weighted by Crippen LogP contribution is -2.48. The molecular weight excluding hydrogens is 317 g/mol. The molecule has 0 N–H and O–H groups in total. The van der Waals surface area contributed by atoms with Gasteiger partial charge in [-0.25, -0.2) is 8.42 Å². The van der Waals surface area contributed by atoms with Crippen LogP contribution in [0, 0.1) is 5.92 Å². The largest absolute Gasteiger partial charge is 0.243 e. The molecule has 1 saturated heterocycles. The Labute approximate surface area is 130 Å². The number of benzene rings is 1. The molecule has 6 heteroatoms. The summed E-state index contributed by atoms with van der Waals surface area (Å²) in [5.74, 6) is 0.245. The SMILES string of the molecule is CC(C)[C@@]1(C)CCCN1S(=O)(=O)c1cc(Cl)cc(Cl)c1. The first-order chi connectivity index (χ1) is 9.18. The molecule has 0 aromatic heterocycles. The predicted octanol–water partition coefficient (Wildman–Crippen LogP) is 4.19. The Morgan fingerprint density at radius 1 is 1.20 bits per heavy atom. The van der Waals surface area contributed by atoms with Crippen LogP contribution in [0.25, 0.3) is 0 Å². The standard InChI is InChI=1S/C14H19Cl2NO2S/c1-10(2)14(3)5-4-6-17(14)20(18,19)13-8-11(15)7-12(16)9-13/h7-10H,4-6H2,1-3H3/t14-/m1/s1. The van der Waals surface area contributed by atoms with Crippen molar-refractivity contribution in [1.29, 1.82) is 0 Å². The van der Waals surface area contributed by atoms with Gasteiger partial charge in [0.15, 0.2) is 0 Å². The number of hydrogen-bond acceptors (Lipinski definition) is 2. The predicted molar refractivity (Wildman–Crippen MR) is 82.8 cm³/mol. The van der Waals surface area contributed by atoms with Crippen LogP contribution in [0.1, 0.15) is 33.6 Å². The summed E-state index contributed by atoms with van der Waals surface area (Å²) in [6.45, 7) is 6.66. The molecule has 0 amide bonds. The lowest BCUT2D eigenvalue weighted by molar-refractivity contribution is 0.192. The van der Waals surface area contributed by atoms with Gasteiger partial charge in [0.1, 0.15) is 0 Å². The highest BCUT2D eigenvalue weighted by molar-refractivity contribution is 7.89. The Hall–Kier alpha value is -0.290. The molecule has 0 saturated carbocycles. The summed E-state index contributed by atoms with van der Waals surface area (Å²) in [4.78, 5) is 0.170. The molecule has 1 aromatic rings. The highest BCUT2D eigenvalue weighted by Crippen LogP contribution is 2.40. The van der Waals surface area contributed by atoms with Gasteiger partial charge in [-0.05, 0) is 43.9 Å². The van der Waals surface area contributed by atoms with Crippen molar-refractivity contribution >= 4 is 33.2 Å². The molecule has 0 bridgehead atoms. The Bertz CT molecular complexity index is 595. The normalized spacial score (nSPS) is 24.5. The van der Waals surface area contributed by atoms with E-state index in [0.29, 0.717) is 16.6 Å². The number of halogens is 2. The number of nitrogens with zero attached hydrogens (tertiary/aromatic N) is 1. The first-order valence-corrected chi connectivity index (χ1v) is 8.86. The van der Waals surface area contributed by atoms with Crippen LogP contribution >= 0.6 is 23.2 Å². The smallest absolute Gasteiger partial charge is 0.207 e. The summed E-state index contributed by atoms with van der Waals surface area (Å²) >= 11 is 11.9. The van der Waals surface area contributed by atoms with E-state index >= 15 is 0 Å². The Kier molecular flexibility index (Phi) is 4.41. The van der Waals surface area contributed by atoms with Crippen molar-refractivity contribution in [2.75, 3.05) is 6.54 Å². The van der Waals surface area contributed by atoms with E-state index in [9.17, 15) is 8.42 Å². The van der Waals surface area contributed by atoms with Crippen LogP contribution in [0.5, 0.6) is 0 Å². The maximum Gasteiger partial charge on any atom is 0.243 e. The second-order valence-corrected chi connectivity index (χ2v) is 8.53. The molecule has 112 valence electrons. The van der Waals surface area contributed by atoms with Gasteiger partial charge >= 0.3 is 0 Å². The number of sulfonamides is 1. The van der Waals surface area contributed by atoms with Gasteiger partial charge in [-0.1, -0.05) is 37.0 Å². The highest BCUT2D eigenvalue weighted by atomic mass is 35.5. The zero-order valence-electron chi connectivity index (χ0n) is 11.9. The molecular formula is C14H19Cl2NO2S. The van der Waals surface area contributed by atoms with Crippen molar-refractivity contribution in [3.63, 3.8) is 0 Å². The summed E-state index contributed by atoms with van der Waals surface area (Å²) in [5, 5.41) is 0.669. The summed E-state index contributed by atoms with van der Waals surface area (Å²) in [6, 6.07) is 4.46. The first-order valence-electron chi connectivity index (χ1n) is 6.67. The molecule has 20 heavy (non-hydrogen) atoms. The van der Waals surface area contributed by atoms with Crippen LogP contribution in [0.3, 0.4) is 0 Å². The molecule has 3 nitrogen and oxygen atoms in total. The lowest BCUT2D eigenvalue weighted by Gasteiger charge is -2.37. The number of hydrogen-bond donors (Lipinski definition) is 0.